The fourth-order valence-electron chi connectivity index (χ4n) is 2.08. The van der Waals surface area contributed by atoms with Gasteiger partial charge in [0.2, 0.25) is 0 Å². The Hall–Kier alpha value is -1.40. The van der Waals surface area contributed by atoms with E-state index in [2.05, 4.69) is 4.98 Å². The normalized spacial score (nSPS) is 19.5. The number of carbonyl (C=O) groups is 1. The van der Waals surface area contributed by atoms with Crippen molar-refractivity contribution < 1.29 is 14.8 Å². The van der Waals surface area contributed by atoms with E-state index in [1.54, 1.807) is 23.2 Å². The Balaban J connectivity index is 2.07. The lowest BCUT2D eigenvalue weighted by Gasteiger charge is -2.16. The maximum atomic E-state index is 12.1. The first-order valence-electron chi connectivity index (χ1n) is 5.66. The SMILES string of the molecule is Cc1cc(C(=O)N2CC[C@H](B(O)O)C2)ccn1. The van der Waals surface area contributed by atoms with Gasteiger partial charge in [0.1, 0.15) is 0 Å². The second-order valence-corrected chi connectivity index (χ2v) is 4.40. The Labute approximate surface area is 100 Å². The molecule has 6 heteroatoms. The van der Waals surface area contributed by atoms with Crippen molar-refractivity contribution in [3.63, 3.8) is 0 Å². The molecule has 1 fully saturated rings. The van der Waals surface area contributed by atoms with Crippen molar-refractivity contribution in [2.75, 3.05) is 13.1 Å². The number of aromatic nitrogens is 1. The minimum Gasteiger partial charge on any atom is -0.427 e. The number of pyridine rings is 1. The van der Waals surface area contributed by atoms with Crippen LogP contribution in [0.3, 0.4) is 0 Å². The van der Waals surface area contributed by atoms with Gasteiger partial charge in [-0.1, -0.05) is 0 Å². The lowest BCUT2D eigenvalue weighted by atomic mass is 9.72. The topological polar surface area (TPSA) is 73.7 Å². The Morgan fingerprint density at radius 3 is 2.94 bits per heavy atom. The number of amides is 1. The highest BCUT2D eigenvalue weighted by molar-refractivity contribution is 6.43. The summed E-state index contributed by atoms with van der Waals surface area (Å²) in [7, 11) is -1.34. The predicted molar refractivity (Wildman–Crippen MR) is 63.4 cm³/mol. The van der Waals surface area contributed by atoms with E-state index < -0.39 is 7.12 Å². The molecular formula is C11H15BN2O3. The first-order chi connectivity index (χ1) is 8.08. The molecule has 0 spiro atoms. The van der Waals surface area contributed by atoms with E-state index in [0.29, 0.717) is 25.1 Å². The molecule has 0 bridgehead atoms. The lowest BCUT2D eigenvalue weighted by Crippen LogP contribution is -2.30. The Morgan fingerprint density at radius 2 is 2.35 bits per heavy atom. The van der Waals surface area contributed by atoms with Crippen LogP contribution in [-0.4, -0.2) is 46.0 Å². The average Bonchev–Trinajstić information content (AvgIpc) is 2.77. The van der Waals surface area contributed by atoms with Crippen LogP contribution in [0, 0.1) is 6.92 Å². The first kappa shape index (κ1) is 12.1. The van der Waals surface area contributed by atoms with Gasteiger partial charge < -0.3 is 14.9 Å². The van der Waals surface area contributed by atoms with Crippen molar-refractivity contribution >= 4 is 13.0 Å². The molecule has 1 saturated heterocycles. The molecule has 0 aliphatic carbocycles. The third-order valence-electron chi connectivity index (χ3n) is 3.08. The van der Waals surface area contributed by atoms with Crippen molar-refractivity contribution in [1.29, 1.82) is 0 Å². The van der Waals surface area contributed by atoms with Crippen molar-refractivity contribution in [3.8, 4) is 0 Å². The van der Waals surface area contributed by atoms with E-state index in [1.807, 2.05) is 6.92 Å². The summed E-state index contributed by atoms with van der Waals surface area (Å²) in [6.07, 6.45) is 2.24. The summed E-state index contributed by atoms with van der Waals surface area (Å²) < 4.78 is 0. The molecular weight excluding hydrogens is 219 g/mol. The zero-order valence-electron chi connectivity index (χ0n) is 9.71. The molecule has 1 aliphatic rings. The van der Waals surface area contributed by atoms with Gasteiger partial charge >= 0.3 is 7.12 Å². The molecule has 0 unspecified atom stereocenters. The average molecular weight is 234 g/mol. The number of nitrogens with zero attached hydrogens (tertiary/aromatic N) is 2. The Bertz CT molecular complexity index is 425. The molecule has 1 aromatic rings. The Kier molecular flexibility index (Phi) is 3.45. The highest BCUT2D eigenvalue weighted by Gasteiger charge is 2.33. The molecule has 90 valence electrons. The van der Waals surface area contributed by atoms with Gasteiger partial charge in [0.15, 0.2) is 0 Å². The van der Waals surface area contributed by atoms with Crippen LogP contribution in [0.5, 0.6) is 0 Å². The highest BCUT2D eigenvalue weighted by Crippen LogP contribution is 2.24. The van der Waals surface area contributed by atoms with Gasteiger partial charge in [-0.05, 0) is 25.5 Å². The van der Waals surface area contributed by atoms with Crippen LogP contribution in [0.1, 0.15) is 22.5 Å². The number of hydrogen-bond acceptors (Lipinski definition) is 4. The zero-order valence-corrected chi connectivity index (χ0v) is 9.71. The molecule has 2 rings (SSSR count). The maximum Gasteiger partial charge on any atom is 0.456 e. The van der Waals surface area contributed by atoms with Gasteiger partial charge in [-0.3, -0.25) is 9.78 Å². The number of aryl methyl sites for hydroxylation is 1. The van der Waals surface area contributed by atoms with Crippen molar-refractivity contribution in [1.82, 2.24) is 9.88 Å². The minimum atomic E-state index is -1.34. The van der Waals surface area contributed by atoms with Gasteiger partial charge in [-0.2, -0.15) is 0 Å². The smallest absolute Gasteiger partial charge is 0.427 e. The van der Waals surface area contributed by atoms with Crippen molar-refractivity contribution in [3.05, 3.63) is 29.6 Å². The molecule has 1 amide bonds. The predicted octanol–water partition coefficient (Wildman–Crippen LogP) is 0.0789. The summed E-state index contributed by atoms with van der Waals surface area (Å²) in [6.45, 7) is 2.81. The second kappa shape index (κ2) is 4.85. The van der Waals surface area contributed by atoms with Crippen LogP contribution < -0.4 is 0 Å². The number of carbonyl (C=O) groups excluding carboxylic acids is 1. The van der Waals surface area contributed by atoms with Crippen molar-refractivity contribution in [2.45, 2.75) is 19.2 Å². The fraction of sp³-hybridized carbons (Fsp3) is 0.455. The van der Waals surface area contributed by atoms with E-state index in [-0.39, 0.29) is 11.7 Å². The molecule has 0 aromatic carbocycles. The monoisotopic (exact) mass is 234 g/mol. The van der Waals surface area contributed by atoms with E-state index in [4.69, 9.17) is 10.0 Å². The third-order valence-corrected chi connectivity index (χ3v) is 3.08. The molecule has 0 saturated carbocycles. The molecule has 5 nitrogen and oxygen atoms in total. The van der Waals surface area contributed by atoms with Crippen LogP contribution in [0.25, 0.3) is 0 Å². The van der Waals surface area contributed by atoms with E-state index in [1.165, 1.54) is 0 Å². The van der Waals surface area contributed by atoms with Gasteiger partial charge in [0.25, 0.3) is 5.91 Å². The molecule has 0 radical (unpaired) electrons. The highest BCUT2D eigenvalue weighted by atomic mass is 16.4. The van der Waals surface area contributed by atoms with Gasteiger partial charge in [0, 0.05) is 36.4 Å². The van der Waals surface area contributed by atoms with Gasteiger partial charge in [-0.25, -0.2) is 0 Å². The van der Waals surface area contributed by atoms with Crippen LogP contribution >= 0.6 is 0 Å². The summed E-state index contributed by atoms with van der Waals surface area (Å²) in [4.78, 5) is 17.8. The molecule has 17 heavy (non-hydrogen) atoms. The molecule has 2 N–H and O–H groups in total. The standard InChI is InChI=1S/C11H15BN2O3/c1-8-6-9(2-4-13-8)11(15)14-5-3-10(7-14)12(16)17/h2,4,6,10,16-17H,3,5,7H2,1H3/t10-/m0/s1. The first-order valence-corrected chi connectivity index (χ1v) is 5.66. The van der Waals surface area contributed by atoms with Crippen LogP contribution in [0.15, 0.2) is 18.3 Å². The van der Waals surface area contributed by atoms with Crippen LogP contribution in [-0.2, 0) is 0 Å². The summed E-state index contributed by atoms with van der Waals surface area (Å²) in [5.74, 6) is -0.305. The minimum absolute atomic E-state index is 0.0707. The molecule has 1 aliphatic heterocycles. The van der Waals surface area contributed by atoms with Crippen molar-refractivity contribution in [2.24, 2.45) is 0 Å². The summed E-state index contributed by atoms with van der Waals surface area (Å²) >= 11 is 0. The fourth-order valence-corrected chi connectivity index (χ4v) is 2.08. The number of hydrogen-bond donors (Lipinski definition) is 2. The van der Waals surface area contributed by atoms with E-state index in [9.17, 15) is 4.79 Å². The summed E-state index contributed by atoms with van der Waals surface area (Å²) in [5, 5.41) is 18.1. The van der Waals surface area contributed by atoms with Gasteiger partial charge in [0.05, 0.1) is 0 Å². The second-order valence-electron chi connectivity index (χ2n) is 4.40. The Morgan fingerprint density at radius 1 is 1.59 bits per heavy atom. The third kappa shape index (κ3) is 2.65. The molecule has 2 heterocycles. The van der Waals surface area contributed by atoms with E-state index >= 15 is 0 Å². The largest absolute Gasteiger partial charge is 0.456 e. The number of rotatable bonds is 2. The lowest BCUT2D eigenvalue weighted by molar-refractivity contribution is 0.0792. The molecule has 1 aromatic heterocycles. The maximum absolute atomic E-state index is 12.1. The summed E-state index contributed by atoms with van der Waals surface area (Å²) in [5.41, 5.74) is 1.40. The van der Waals surface area contributed by atoms with E-state index in [0.717, 1.165) is 5.69 Å². The zero-order chi connectivity index (χ0) is 12.4. The van der Waals surface area contributed by atoms with Crippen LogP contribution in [0.4, 0.5) is 0 Å². The number of likely N-dealkylation sites (tertiary alicyclic amines) is 1. The summed E-state index contributed by atoms with van der Waals surface area (Å²) in [6, 6.07) is 3.42. The quantitative estimate of drug-likeness (QED) is 0.710. The van der Waals surface area contributed by atoms with Gasteiger partial charge in [-0.15, -0.1) is 0 Å². The molecule has 1 atom stereocenters. The van der Waals surface area contributed by atoms with Crippen LogP contribution in [0.2, 0.25) is 5.82 Å².